The molecule has 0 aliphatic carbocycles. The summed E-state index contributed by atoms with van der Waals surface area (Å²) in [6.45, 7) is 3.63. The predicted octanol–water partition coefficient (Wildman–Crippen LogP) is 3.51. The van der Waals surface area contributed by atoms with Crippen LogP contribution in [-0.4, -0.2) is 17.1 Å². The molecular weight excluding hydrogens is 249 g/mol. The van der Waals surface area contributed by atoms with Crippen LogP contribution in [0, 0.1) is 5.92 Å². The first kappa shape index (κ1) is 13.1. The van der Waals surface area contributed by atoms with Crippen molar-refractivity contribution in [2.75, 3.05) is 5.32 Å². The highest BCUT2D eigenvalue weighted by atomic mass is 35.5. The molecule has 0 amide bonds. The lowest BCUT2D eigenvalue weighted by molar-refractivity contribution is -0.138. The van der Waals surface area contributed by atoms with Crippen molar-refractivity contribution in [2.45, 2.75) is 19.9 Å². The number of nitrogens with one attached hydrogen (secondary N) is 1. The first-order valence-electron chi connectivity index (χ1n) is 4.87. The molecule has 0 radical (unpaired) electrons. The maximum Gasteiger partial charge on any atom is 0.326 e. The van der Waals surface area contributed by atoms with Gasteiger partial charge in [-0.25, -0.2) is 4.79 Å². The van der Waals surface area contributed by atoms with E-state index in [4.69, 9.17) is 28.3 Å². The summed E-state index contributed by atoms with van der Waals surface area (Å²) in [4.78, 5) is 11.0. The summed E-state index contributed by atoms with van der Waals surface area (Å²) in [6, 6.07) is 4.32. The molecule has 0 unspecified atom stereocenters. The molecule has 0 heterocycles. The Bertz CT molecular complexity index is 373. The highest BCUT2D eigenvalue weighted by molar-refractivity contribution is 6.39. The number of halogens is 2. The summed E-state index contributed by atoms with van der Waals surface area (Å²) in [5.41, 5.74) is 0.465. The van der Waals surface area contributed by atoms with E-state index in [2.05, 4.69) is 5.32 Å². The topological polar surface area (TPSA) is 49.3 Å². The SMILES string of the molecule is CC(C)[C@H](Nc1c(Cl)cccc1Cl)C(=O)O. The van der Waals surface area contributed by atoms with Gasteiger partial charge in [0.1, 0.15) is 6.04 Å². The van der Waals surface area contributed by atoms with E-state index in [0.29, 0.717) is 15.7 Å². The first-order chi connectivity index (χ1) is 7.43. The van der Waals surface area contributed by atoms with Crippen molar-refractivity contribution in [1.29, 1.82) is 0 Å². The summed E-state index contributed by atoms with van der Waals surface area (Å²) < 4.78 is 0. The second-order valence-electron chi connectivity index (χ2n) is 3.80. The molecule has 1 aromatic carbocycles. The Kier molecular flexibility index (Phi) is 4.44. The Morgan fingerprint density at radius 1 is 1.31 bits per heavy atom. The van der Waals surface area contributed by atoms with E-state index >= 15 is 0 Å². The lowest BCUT2D eigenvalue weighted by Crippen LogP contribution is -2.34. The number of rotatable bonds is 4. The average molecular weight is 262 g/mol. The fraction of sp³-hybridized carbons (Fsp3) is 0.364. The summed E-state index contributed by atoms with van der Waals surface area (Å²) in [5.74, 6) is -0.990. The first-order valence-corrected chi connectivity index (χ1v) is 5.62. The highest BCUT2D eigenvalue weighted by Gasteiger charge is 2.22. The van der Waals surface area contributed by atoms with Crippen LogP contribution in [0.1, 0.15) is 13.8 Å². The van der Waals surface area contributed by atoms with Crippen molar-refractivity contribution in [3.63, 3.8) is 0 Å². The van der Waals surface area contributed by atoms with Gasteiger partial charge in [0.25, 0.3) is 0 Å². The van der Waals surface area contributed by atoms with Gasteiger partial charge in [-0.15, -0.1) is 0 Å². The van der Waals surface area contributed by atoms with Crippen LogP contribution in [0.4, 0.5) is 5.69 Å². The second kappa shape index (κ2) is 5.41. The van der Waals surface area contributed by atoms with Crippen LogP contribution in [0.5, 0.6) is 0 Å². The second-order valence-corrected chi connectivity index (χ2v) is 4.62. The van der Waals surface area contributed by atoms with Gasteiger partial charge in [-0.2, -0.15) is 0 Å². The normalized spacial score (nSPS) is 12.6. The molecule has 0 fully saturated rings. The summed E-state index contributed by atoms with van der Waals surface area (Å²) in [5, 5.41) is 12.7. The van der Waals surface area contributed by atoms with E-state index in [9.17, 15) is 4.79 Å². The number of hydrogen-bond acceptors (Lipinski definition) is 2. The third-order valence-electron chi connectivity index (χ3n) is 2.20. The quantitative estimate of drug-likeness (QED) is 0.872. The molecule has 1 rings (SSSR count). The number of carboxylic acid groups (broad SMARTS) is 1. The minimum Gasteiger partial charge on any atom is -0.480 e. The maximum atomic E-state index is 11.0. The smallest absolute Gasteiger partial charge is 0.326 e. The molecule has 88 valence electrons. The van der Waals surface area contributed by atoms with Crippen molar-refractivity contribution in [1.82, 2.24) is 0 Å². The molecule has 0 saturated heterocycles. The number of para-hydroxylation sites is 1. The van der Waals surface area contributed by atoms with Crippen molar-refractivity contribution < 1.29 is 9.90 Å². The van der Waals surface area contributed by atoms with E-state index in [0.717, 1.165) is 0 Å². The molecule has 0 saturated carbocycles. The van der Waals surface area contributed by atoms with Gasteiger partial charge < -0.3 is 10.4 Å². The molecule has 2 N–H and O–H groups in total. The number of aliphatic carboxylic acids is 1. The van der Waals surface area contributed by atoms with Crippen LogP contribution in [0.15, 0.2) is 18.2 Å². The van der Waals surface area contributed by atoms with Crippen molar-refractivity contribution in [3.8, 4) is 0 Å². The lowest BCUT2D eigenvalue weighted by Gasteiger charge is -2.20. The van der Waals surface area contributed by atoms with Gasteiger partial charge in [0, 0.05) is 0 Å². The molecular formula is C11H13Cl2NO2. The van der Waals surface area contributed by atoms with Crippen LogP contribution in [0.3, 0.4) is 0 Å². The molecule has 3 nitrogen and oxygen atoms in total. The van der Waals surface area contributed by atoms with E-state index in [1.807, 2.05) is 13.8 Å². The van der Waals surface area contributed by atoms with Crippen LogP contribution in [0.25, 0.3) is 0 Å². The molecule has 16 heavy (non-hydrogen) atoms. The van der Waals surface area contributed by atoms with Crippen LogP contribution < -0.4 is 5.32 Å². The maximum absolute atomic E-state index is 11.0. The van der Waals surface area contributed by atoms with Crippen molar-refractivity contribution in [3.05, 3.63) is 28.2 Å². The number of anilines is 1. The number of hydrogen-bond donors (Lipinski definition) is 2. The van der Waals surface area contributed by atoms with E-state index in [1.54, 1.807) is 18.2 Å². The molecule has 1 atom stereocenters. The van der Waals surface area contributed by atoms with Gasteiger partial charge in [0.15, 0.2) is 0 Å². The summed E-state index contributed by atoms with van der Waals surface area (Å²) in [6.07, 6.45) is 0. The van der Waals surface area contributed by atoms with Gasteiger partial charge in [-0.3, -0.25) is 0 Å². The Balaban J connectivity index is 2.98. The Labute approximate surface area is 104 Å². The summed E-state index contributed by atoms with van der Waals surface area (Å²) >= 11 is 11.9. The van der Waals surface area contributed by atoms with Gasteiger partial charge >= 0.3 is 5.97 Å². The number of carboxylic acids is 1. The molecule has 0 bridgehead atoms. The van der Waals surface area contributed by atoms with Crippen LogP contribution >= 0.6 is 23.2 Å². The molecule has 0 aliphatic rings. The van der Waals surface area contributed by atoms with Crippen LogP contribution in [-0.2, 0) is 4.79 Å². The molecule has 1 aromatic rings. The minimum atomic E-state index is -0.925. The molecule has 0 aromatic heterocycles. The number of carbonyl (C=O) groups is 1. The third kappa shape index (κ3) is 3.03. The lowest BCUT2D eigenvalue weighted by atomic mass is 10.0. The largest absolute Gasteiger partial charge is 0.480 e. The average Bonchev–Trinajstić information content (AvgIpc) is 2.15. The standard InChI is InChI=1S/C11H13Cl2NO2/c1-6(2)9(11(15)16)14-10-7(12)4-3-5-8(10)13/h3-6,9,14H,1-2H3,(H,15,16)/t9-/m0/s1. The van der Waals surface area contributed by atoms with Gasteiger partial charge in [0.05, 0.1) is 15.7 Å². The minimum absolute atomic E-state index is 0.0650. The molecule has 0 aliphatic heterocycles. The highest BCUT2D eigenvalue weighted by Crippen LogP contribution is 2.31. The van der Waals surface area contributed by atoms with E-state index < -0.39 is 12.0 Å². The Hall–Kier alpha value is -0.930. The zero-order valence-corrected chi connectivity index (χ0v) is 10.5. The van der Waals surface area contributed by atoms with Crippen LogP contribution in [0.2, 0.25) is 10.0 Å². The zero-order valence-electron chi connectivity index (χ0n) is 9.00. The van der Waals surface area contributed by atoms with E-state index in [1.165, 1.54) is 0 Å². The van der Waals surface area contributed by atoms with Crippen molar-refractivity contribution in [2.24, 2.45) is 5.92 Å². The predicted molar refractivity (Wildman–Crippen MR) is 66.3 cm³/mol. The van der Waals surface area contributed by atoms with E-state index in [-0.39, 0.29) is 5.92 Å². The van der Waals surface area contributed by atoms with Crippen molar-refractivity contribution >= 4 is 34.9 Å². The van der Waals surface area contributed by atoms with Gasteiger partial charge in [-0.1, -0.05) is 43.1 Å². The fourth-order valence-corrected chi connectivity index (χ4v) is 1.81. The van der Waals surface area contributed by atoms with Gasteiger partial charge in [0.2, 0.25) is 0 Å². The number of benzene rings is 1. The fourth-order valence-electron chi connectivity index (χ4n) is 1.30. The Morgan fingerprint density at radius 2 is 1.81 bits per heavy atom. The monoisotopic (exact) mass is 261 g/mol. The van der Waals surface area contributed by atoms with Gasteiger partial charge in [-0.05, 0) is 18.1 Å². The third-order valence-corrected chi connectivity index (χ3v) is 2.83. The molecule has 0 spiro atoms. The summed E-state index contributed by atoms with van der Waals surface area (Å²) in [7, 11) is 0. The Morgan fingerprint density at radius 3 is 2.19 bits per heavy atom. The zero-order chi connectivity index (χ0) is 12.3. The molecule has 5 heteroatoms.